The molecule has 2 heterocycles. The molecule has 2 aromatic heterocycles. The van der Waals surface area contributed by atoms with Crippen LogP contribution < -0.4 is 5.32 Å². The average Bonchev–Trinajstić information content (AvgIpc) is 3.14. The van der Waals surface area contributed by atoms with E-state index in [-0.39, 0.29) is 11.7 Å². The van der Waals surface area contributed by atoms with E-state index in [1.807, 2.05) is 24.4 Å². The van der Waals surface area contributed by atoms with Crippen molar-refractivity contribution in [2.75, 3.05) is 11.6 Å². The number of aryl methyl sites for hydroxylation is 1. The van der Waals surface area contributed by atoms with E-state index >= 15 is 0 Å². The number of thiazole rings is 1. The maximum atomic E-state index is 12.4. The SMILES string of the molecule is Cc1ccc(-c2csc(NC(=O)c3cccc(CS(C)(=O)=O)c3)n2)s1. The van der Waals surface area contributed by atoms with Crippen LogP contribution in [0.2, 0.25) is 0 Å². The standard InChI is InChI=1S/C17H16N2O3S3/c1-11-6-7-15(24-11)14-9-23-17(18-14)19-16(20)13-5-3-4-12(8-13)10-25(2,21)22/h3-9H,10H2,1-2H3,(H,18,19,20). The predicted octanol–water partition coefficient (Wildman–Crippen LogP) is 3.98. The Morgan fingerprint density at radius 1 is 1.24 bits per heavy atom. The Hall–Kier alpha value is -2.03. The number of nitrogens with zero attached hydrogens (tertiary/aromatic N) is 1. The minimum Gasteiger partial charge on any atom is -0.298 e. The van der Waals surface area contributed by atoms with Crippen LogP contribution >= 0.6 is 22.7 Å². The fourth-order valence-corrected chi connectivity index (χ4v) is 4.68. The van der Waals surface area contributed by atoms with Crippen molar-refractivity contribution >= 4 is 43.5 Å². The number of rotatable bonds is 5. The molecule has 3 rings (SSSR count). The maximum absolute atomic E-state index is 12.4. The lowest BCUT2D eigenvalue weighted by Gasteiger charge is -2.04. The molecule has 0 aliphatic carbocycles. The second-order valence-electron chi connectivity index (χ2n) is 5.67. The monoisotopic (exact) mass is 392 g/mol. The minimum atomic E-state index is -3.14. The first-order valence-electron chi connectivity index (χ1n) is 7.40. The summed E-state index contributed by atoms with van der Waals surface area (Å²) in [6, 6.07) is 10.7. The molecule has 5 nitrogen and oxygen atoms in total. The number of sulfone groups is 1. The number of nitrogens with one attached hydrogen (secondary N) is 1. The van der Waals surface area contributed by atoms with Crippen molar-refractivity contribution in [3.8, 4) is 10.6 Å². The molecule has 0 saturated carbocycles. The van der Waals surface area contributed by atoms with Gasteiger partial charge in [0.05, 0.1) is 16.3 Å². The smallest absolute Gasteiger partial charge is 0.257 e. The van der Waals surface area contributed by atoms with E-state index in [1.54, 1.807) is 35.6 Å². The first-order valence-corrected chi connectivity index (χ1v) is 11.2. The fourth-order valence-electron chi connectivity index (χ4n) is 2.29. The molecule has 0 aliphatic rings. The van der Waals surface area contributed by atoms with E-state index in [9.17, 15) is 13.2 Å². The topological polar surface area (TPSA) is 76.1 Å². The van der Waals surface area contributed by atoms with Crippen LogP contribution in [0.4, 0.5) is 5.13 Å². The molecular formula is C17H16N2O3S3. The van der Waals surface area contributed by atoms with Gasteiger partial charge in [-0.05, 0) is 36.8 Å². The molecule has 0 spiro atoms. The summed E-state index contributed by atoms with van der Waals surface area (Å²) in [5.74, 6) is -0.397. The van der Waals surface area contributed by atoms with Crippen LogP contribution in [-0.2, 0) is 15.6 Å². The second kappa shape index (κ2) is 7.07. The molecule has 8 heteroatoms. The molecular weight excluding hydrogens is 376 g/mol. The van der Waals surface area contributed by atoms with E-state index < -0.39 is 9.84 Å². The van der Waals surface area contributed by atoms with Crippen molar-refractivity contribution in [2.45, 2.75) is 12.7 Å². The number of thiophene rings is 1. The van der Waals surface area contributed by atoms with Crippen LogP contribution in [0.15, 0.2) is 41.8 Å². The van der Waals surface area contributed by atoms with Crippen molar-refractivity contribution in [3.05, 3.63) is 57.8 Å². The molecule has 25 heavy (non-hydrogen) atoms. The van der Waals surface area contributed by atoms with Gasteiger partial charge in [-0.2, -0.15) is 0 Å². The molecule has 0 bridgehead atoms. The van der Waals surface area contributed by atoms with Gasteiger partial charge in [-0.1, -0.05) is 12.1 Å². The average molecular weight is 393 g/mol. The third-order valence-corrected chi connectivity index (χ3v) is 5.97. The van der Waals surface area contributed by atoms with Gasteiger partial charge in [-0.25, -0.2) is 13.4 Å². The highest BCUT2D eigenvalue weighted by Gasteiger charge is 2.12. The van der Waals surface area contributed by atoms with Crippen LogP contribution in [-0.4, -0.2) is 25.6 Å². The number of carbonyl (C=O) groups excluding carboxylic acids is 1. The number of carbonyl (C=O) groups is 1. The maximum Gasteiger partial charge on any atom is 0.257 e. The summed E-state index contributed by atoms with van der Waals surface area (Å²) in [6.45, 7) is 2.03. The summed E-state index contributed by atoms with van der Waals surface area (Å²) < 4.78 is 22.8. The van der Waals surface area contributed by atoms with E-state index in [1.165, 1.54) is 22.5 Å². The van der Waals surface area contributed by atoms with E-state index in [0.717, 1.165) is 10.6 Å². The van der Waals surface area contributed by atoms with Crippen molar-refractivity contribution in [2.24, 2.45) is 0 Å². The molecule has 0 fully saturated rings. The first-order chi connectivity index (χ1) is 11.8. The quantitative estimate of drug-likeness (QED) is 0.713. The van der Waals surface area contributed by atoms with Crippen LogP contribution in [0.25, 0.3) is 10.6 Å². The Kier molecular flexibility index (Phi) is 5.03. The molecule has 0 aliphatic heterocycles. The highest BCUT2D eigenvalue weighted by molar-refractivity contribution is 7.89. The van der Waals surface area contributed by atoms with Gasteiger partial charge in [0.25, 0.3) is 5.91 Å². The van der Waals surface area contributed by atoms with Gasteiger partial charge in [-0.3, -0.25) is 10.1 Å². The number of amides is 1. The Morgan fingerprint density at radius 3 is 2.72 bits per heavy atom. The van der Waals surface area contributed by atoms with Gasteiger partial charge in [0, 0.05) is 22.1 Å². The zero-order chi connectivity index (χ0) is 18.0. The van der Waals surface area contributed by atoms with Gasteiger partial charge in [0.2, 0.25) is 0 Å². The molecule has 1 aromatic carbocycles. The summed E-state index contributed by atoms with van der Waals surface area (Å²) in [5.41, 5.74) is 1.83. The highest BCUT2D eigenvalue weighted by atomic mass is 32.2. The molecule has 0 unspecified atom stereocenters. The third kappa shape index (κ3) is 4.75. The number of benzene rings is 1. The Labute approximate surface area is 154 Å². The largest absolute Gasteiger partial charge is 0.298 e. The molecule has 0 atom stereocenters. The Bertz CT molecular complexity index is 1020. The zero-order valence-corrected chi connectivity index (χ0v) is 16.1. The van der Waals surface area contributed by atoms with Gasteiger partial charge < -0.3 is 0 Å². The fraction of sp³-hybridized carbons (Fsp3) is 0.176. The summed E-state index contributed by atoms with van der Waals surface area (Å²) in [4.78, 5) is 19.1. The lowest BCUT2D eigenvalue weighted by molar-refractivity contribution is 0.102. The first kappa shape index (κ1) is 17.8. The Balaban J connectivity index is 1.74. The van der Waals surface area contributed by atoms with Gasteiger partial charge in [0.15, 0.2) is 15.0 Å². The van der Waals surface area contributed by atoms with Crippen molar-refractivity contribution < 1.29 is 13.2 Å². The summed E-state index contributed by atoms with van der Waals surface area (Å²) in [5, 5.41) is 5.19. The van der Waals surface area contributed by atoms with E-state index in [4.69, 9.17) is 0 Å². The predicted molar refractivity (Wildman–Crippen MR) is 103 cm³/mol. The lowest BCUT2D eigenvalue weighted by atomic mass is 10.1. The van der Waals surface area contributed by atoms with Crippen LogP contribution in [0.1, 0.15) is 20.8 Å². The molecule has 1 amide bonds. The number of anilines is 1. The normalized spacial score (nSPS) is 11.4. The number of hydrogen-bond acceptors (Lipinski definition) is 6. The van der Waals surface area contributed by atoms with Crippen molar-refractivity contribution in [1.29, 1.82) is 0 Å². The van der Waals surface area contributed by atoms with Crippen LogP contribution in [0.5, 0.6) is 0 Å². The summed E-state index contributed by atoms with van der Waals surface area (Å²) in [6.07, 6.45) is 1.17. The molecule has 0 radical (unpaired) electrons. The molecule has 130 valence electrons. The molecule has 1 N–H and O–H groups in total. The second-order valence-corrected chi connectivity index (χ2v) is 9.96. The minimum absolute atomic E-state index is 0.0900. The third-order valence-electron chi connectivity index (χ3n) is 3.34. The summed E-state index contributed by atoms with van der Waals surface area (Å²) >= 11 is 3.01. The zero-order valence-electron chi connectivity index (χ0n) is 13.6. The van der Waals surface area contributed by atoms with Crippen LogP contribution in [0.3, 0.4) is 0 Å². The molecule has 3 aromatic rings. The lowest BCUT2D eigenvalue weighted by Crippen LogP contribution is -2.12. The van der Waals surface area contributed by atoms with Crippen molar-refractivity contribution in [3.63, 3.8) is 0 Å². The summed E-state index contributed by atoms with van der Waals surface area (Å²) in [7, 11) is -3.14. The van der Waals surface area contributed by atoms with Gasteiger partial charge >= 0.3 is 0 Å². The number of hydrogen-bond donors (Lipinski definition) is 1. The van der Waals surface area contributed by atoms with Crippen molar-refractivity contribution in [1.82, 2.24) is 4.98 Å². The van der Waals surface area contributed by atoms with E-state index in [0.29, 0.717) is 16.3 Å². The van der Waals surface area contributed by atoms with Gasteiger partial charge in [0.1, 0.15) is 0 Å². The van der Waals surface area contributed by atoms with E-state index in [2.05, 4.69) is 10.3 Å². The molecule has 0 saturated heterocycles. The van der Waals surface area contributed by atoms with Gasteiger partial charge in [-0.15, -0.1) is 22.7 Å². The highest BCUT2D eigenvalue weighted by Crippen LogP contribution is 2.30. The van der Waals surface area contributed by atoms with Crippen LogP contribution in [0, 0.1) is 6.92 Å². The Morgan fingerprint density at radius 2 is 2.04 bits per heavy atom. The number of aromatic nitrogens is 1.